The zero-order valence-corrected chi connectivity index (χ0v) is 12.6. The highest BCUT2D eigenvalue weighted by Crippen LogP contribution is 2.15. The first-order chi connectivity index (χ1) is 9.26. The summed E-state index contributed by atoms with van der Waals surface area (Å²) in [7, 11) is 0. The number of nitrogens with zero attached hydrogens (tertiary/aromatic N) is 1. The number of pyridine rings is 1. The molecule has 0 aliphatic carbocycles. The van der Waals surface area contributed by atoms with Gasteiger partial charge in [-0.05, 0) is 32.4 Å². The number of carbonyl (C=O) groups excluding carboxylic acids is 1. The molecule has 20 heavy (non-hydrogen) atoms. The van der Waals surface area contributed by atoms with Gasteiger partial charge in [-0.25, -0.2) is 4.98 Å². The van der Waals surface area contributed by atoms with E-state index in [-0.39, 0.29) is 17.6 Å². The molecule has 1 aromatic rings. The summed E-state index contributed by atoms with van der Waals surface area (Å²) >= 11 is 5.89. The van der Waals surface area contributed by atoms with Crippen molar-refractivity contribution in [1.29, 1.82) is 0 Å². The molecule has 0 radical (unpaired) electrons. The second-order valence-corrected chi connectivity index (χ2v) is 5.68. The predicted octanol–water partition coefficient (Wildman–Crippen LogP) is 2.53. The topological polar surface area (TPSA) is 79.3 Å². The van der Waals surface area contributed by atoms with Crippen LogP contribution in [0.25, 0.3) is 0 Å². The van der Waals surface area contributed by atoms with Crippen molar-refractivity contribution >= 4 is 23.5 Å². The van der Waals surface area contributed by atoms with Gasteiger partial charge in [-0.2, -0.15) is 0 Å². The van der Waals surface area contributed by atoms with Crippen LogP contribution in [0.1, 0.15) is 43.2 Å². The molecule has 0 aliphatic heterocycles. The number of carbonyl (C=O) groups is 2. The molecule has 0 saturated heterocycles. The van der Waals surface area contributed by atoms with Gasteiger partial charge in [0, 0.05) is 17.8 Å². The first kappa shape index (κ1) is 16.4. The number of hydrogen-bond donors (Lipinski definition) is 2. The summed E-state index contributed by atoms with van der Waals surface area (Å²) < 4.78 is 0. The molecule has 5 nitrogen and oxygen atoms in total. The zero-order valence-electron chi connectivity index (χ0n) is 11.9. The Bertz CT molecular complexity index is 515. The molecule has 0 unspecified atom stereocenters. The summed E-state index contributed by atoms with van der Waals surface area (Å²) in [6.45, 7) is 5.16. The van der Waals surface area contributed by atoms with E-state index in [9.17, 15) is 9.59 Å². The van der Waals surface area contributed by atoms with Gasteiger partial charge in [0.05, 0.1) is 5.41 Å². The van der Waals surface area contributed by atoms with Crippen molar-refractivity contribution in [3.8, 4) is 0 Å². The van der Waals surface area contributed by atoms with Crippen molar-refractivity contribution < 1.29 is 14.7 Å². The van der Waals surface area contributed by atoms with Crippen LogP contribution in [0.5, 0.6) is 0 Å². The average molecular weight is 299 g/mol. The van der Waals surface area contributed by atoms with Crippen molar-refractivity contribution in [2.45, 2.75) is 33.6 Å². The Morgan fingerprint density at radius 1 is 1.40 bits per heavy atom. The lowest BCUT2D eigenvalue weighted by molar-refractivity contribution is -0.146. The van der Waals surface area contributed by atoms with Gasteiger partial charge in [0.2, 0.25) is 0 Å². The standard InChI is InChI=1S/C14H19ClN2O3/c1-4-5-10-6-9(7-11(15)17-10)12(18)16-8-14(2,3)13(19)20/h6-7H,4-5,8H2,1-3H3,(H,16,18)(H,19,20). The quantitative estimate of drug-likeness (QED) is 0.791. The fraction of sp³-hybridized carbons (Fsp3) is 0.500. The number of amides is 1. The Kier molecular flexibility index (Phi) is 5.51. The second kappa shape index (κ2) is 6.70. The fourth-order valence-electron chi connectivity index (χ4n) is 1.55. The molecule has 1 heterocycles. The number of carboxylic acid groups (broad SMARTS) is 1. The van der Waals surface area contributed by atoms with Crippen LogP contribution in [-0.2, 0) is 11.2 Å². The van der Waals surface area contributed by atoms with Gasteiger partial charge in [0.25, 0.3) is 5.91 Å². The third-order valence-electron chi connectivity index (χ3n) is 2.89. The number of rotatable bonds is 6. The highest BCUT2D eigenvalue weighted by molar-refractivity contribution is 6.29. The minimum absolute atomic E-state index is 0.0459. The number of aromatic nitrogens is 1. The summed E-state index contributed by atoms with van der Waals surface area (Å²) in [6, 6.07) is 3.16. The van der Waals surface area contributed by atoms with Gasteiger partial charge >= 0.3 is 5.97 Å². The maximum Gasteiger partial charge on any atom is 0.310 e. The van der Waals surface area contributed by atoms with Gasteiger partial charge in [-0.15, -0.1) is 0 Å². The molecule has 0 aromatic carbocycles. The van der Waals surface area contributed by atoms with Crippen molar-refractivity contribution in [1.82, 2.24) is 10.3 Å². The van der Waals surface area contributed by atoms with Crippen LogP contribution in [0, 0.1) is 5.41 Å². The monoisotopic (exact) mass is 298 g/mol. The van der Waals surface area contributed by atoms with E-state index >= 15 is 0 Å². The van der Waals surface area contributed by atoms with Gasteiger partial charge in [-0.3, -0.25) is 9.59 Å². The van der Waals surface area contributed by atoms with E-state index in [1.807, 2.05) is 6.92 Å². The summed E-state index contributed by atoms with van der Waals surface area (Å²) in [4.78, 5) is 27.1. The molecule has 1 rings (SSSR count). The number of hydrogen-bond acceptors (Lipinski definition) is 3. The van der Waals surface area contributed by atoms with Gasteiger partial charge in [-0.1, -0.05) is 24.9 Å². The predicted molar refractivity (Wildman–Crippen MR) is 77.0 cm³/mol. The van der Waals surface area contributed by atoms with Crippen LogP contribution in [0.2, 0.25) is 5.15 Å². The minimum Gasteiger partial charge on any atom is -0.481 e. The van der Waals surface area contributed by atoms with Crippen LogP contribution in [0.3, 0.4) is 0 Å². The highest BCUT2D eigenvalue weighted by atomic mass is 35.5. The minimum atomic E-state index is -1.02. The molecule has 1 aromatic heterocycles. The van der Waals surface area contributed by atoms with E-state index in [0.29, 0.717) is 5.56 Å². The Morgan fingerprint density at radius 3 is 2.60 bits per heavy atom. The van der Waals surface area contributed by atoms with Crippen LogP contribution in [-0.4, -0.2) is 28.5 Å². The fourth-order valence-corrected chi connectivity index (χ4v) is 1.77. The largest absolute Gasteiger partial charge is 0.481 e. The summed E-state index contributed by atoms with van der Waals surface area (Å²) in [5.41, 5.74) is 0.135. The van der Waals surface area contributed by atoms with E-state index in [4.69, 9.17) is 16.7 Å². The maximum atomic E-state index is 12.0. The van der Waals surface area contributed by atoms with Gasteiger partial charge in [0.15, 0.2) is 0 Å². The van der Waals surface area contributed by atoms with Gasteiger partial charge < -0.3 is 10.4 Å². The zero-order chi connectivity index (χ0) is 15.3. The van der Waals surface area contributed by atoms with Crippen LogP contribution in [0.15, 0.2) is 12.1 Å². The molecule has 0 bridgehead atoms. The number of carboxylic acids is 1. The number of aryl methyl sites for hydroxylation is 1. The molecule has 6 heteroatoms. The summed E-state index contributed by atoms with van der Waals surface area (Å²) in [5.74, 6) is -1.31. The first-order valence-corrected chi connectivity index (χ1v) is 6.82. The van der Waals surface area contributed by atoms with Crippen molar-refractivity contribution in [3.63, 3.8) is 0 Å². The normalized spacial score (nSPS) is 11.2. The Morgan fingerprint density at radius 2 is 2.05 bits per heavy atom. The SMILES string of the molecule is CCCc1cc(C(=O)NCC(C)(C)C(=O)O)cc(Cl)n1. The van der Waals surface area contributed by atoms with E-state index in [2.05, 4.69) is 10.3 Å². The number of aliphatic carboxylic acids is 1. The number of halogens is 1. The molecule has 0 saturated carbocycles. The molecular formula is C14H19ClN2O3. The van der Waals surface area contributed by atoms with Crippen molar-refractivity contribution in [2.24, 2.45) is 5.41 Å². The second-order valence-electron chi connectivity index (χ2n) is 5.29. The average Bonchev–Trinajstić information content (AvgIpc) is 2.35. The van der Waals surface area contributed by atoms with Crippen molar-refractivity contribution in [2.75, 3.05) is 6.54 Å². The number of nitrogens with one attached hydrogen (secondary N) is 1. The van der Waals surface area contributed by atoms with Crippen LogP contribution < -0.4 is 5.32 Å². The van der Waals surface area contributed by atoms with E-state index in [0.717, 1.165) is 18.5 Å². The van der Waals surface area contributed by atoms with Gasteiger partial charge in [0.1, 0.15) is 5.15 Å². The molecular weight excluding hydrogens is 280 g/mol. The van der Waals surface area contributed by atoms with E-state index in [1.54, 1.807) is 19.9 Å². The first-order valence-electron chi connectivity index (χ1n) is 6.44. The van der Waals surface area contributed by atoms with E-state index in [1.165, 1.54) is 6.07 Å². The maximum absolute atomic E-state index is 12.0. The molecule has 0 aliphatic rings. The summed E-state index contributed by atoms with van der Waals surface area (Å²) in [6.07, 6.45) is 1.64. The van der Waals surface area contributed by atoms with Crippen LogP contribution >= 0.6 is 11.6 Å². The third-order valence-corrected chi connectivity index (χ3v) is 3.08. The molecule has 0 fully saturated rings. The van der Waals surface area contributed by atoms with E-state index < -0.39 is 11.4 Å². The Hall–Kier alpha value is -1.62. The highest BCUT2D eigenvalue weighted by Gasteiger charge is 2.27. The van der Waals surface area contributed by atoms with Crippen molar-refractivity contribution in [3.05, 3.63) is 28.5 Å². The lowest BCUT2D eigenvalue weighted by Crippen LogP contribution is -2.38. The smallest absolute Gasteiger partial charge is 0.310 e. The molecule has 1 amide bonds. The molecule has 0 spiro atoms. The van der Waals surface area contributed by atoms with Crippen LogP contribution in [0.4, 0.5) is 0 Å². The Labute approximate surface area is 123 Å². The lowest BCUT2D eigenvalue weighted by atomic mass is 9.94. The molecule has 110 valence electrons. The molecule has 0 atom stereocenters. The Balaban J connectivity index is 2.80. The lowest BCUT2D eigenvalue weighted by Gasteiger charge is -2.19. The molecule has 2 N–H and O–H groups in total. The summed E-state index contributed by atoms with van der Waals surface area (Å²) in [5, 5.41) is 11.9. The third kappa shape index (κ3) is 4.49.